The molecule has 1 N–H and O–H groups in total. The monoisotopic (exact) mass is 451 g/mol. The Labute approximate surface area is 190 Å². The van der Waals surface area contributed by atoms with Gasteiger partial charge < -0.3 is 23.9 Å². The number of carbonyl (C=O) groups is 2. The van der Waals surface area contributed by atoms with Gasteiger partial charge in [0.2, 0.25) is 0 Å². The zero-order valence-electron chi connectivity index (χ0n) is 18.7. The van der Waals surface area contributed by atoms with Gasteiger partial charge in [-0.05, 0) is 62.7 Å². The van der Waals surface area contributed by atoms with Crippen LogP contribution >= 0.6 is 0 Å². The van der Waals surface area contributed by atoms with Crippen molar-refractivity contribution >= 4 is 28.9 Å². The topological polar surface area (TPSA) is 104 Å². The highest BCUT2D eigenvalue weighted by Crippen LogP contribution is 2.29. The van der Waals surface area contributed by atoms with Crippen molar-refractivity contribution in [1.29, 1.82) is 0 Å². The second-order valence-corrected chi connectivity index (χ2v) is 6.83. The van der Waals surface area contributed by atoms with Gasteiger partial charge in [-0.1, -0.05) is 6.07 Å². The summed E-state index contributed by atoms with van der Waals surface area (Å²) in [6, 6.07) is 11.4. The molecule has 0 fully saturated rings. The lowest BCUT2D eigenvalue weighted by Gasteiger charge is -2.11. The van der Waals surface area contributed by atoms with Gasteiger partial charge in [-0.15, -0.1) is 0 Å². The van der Waals surface area contributed by atoms with Crippen LogP contribution in [0.2, 0.25) is 0 Å². The van der Waals surface area contributed by atoms with Crippen LogP contribution in [0.1, 0.15) is 36.7 Å². The molecule has 1 heterocycles. The molecule has 0 aliphatic rings. The van der Waals surface area contributed by atoms with Gasteiger partial charge in [0.15, 0.2) is 11.5 Å². The molecule has 0 spiro atoms. The largest absolute Gasteiger partial charge is 0.490 e. The van der Waals surface area contributed by atoms with E-state index in [1.54, 1.807) is 43.3 Å². The van der Waals surface area contributed by atoms with Gasteiger partial charge >= 0.3 is 11.6 Å². The lowest BCUT2D eigenvalue weighted by Crippen LogP contribution is -2.27. The summed E-state index contributed by atoms with van der Waals surface area (Å²) in [5, 5.41) is 3.09. The average molecular weight is 451 g/mol. The fourth-order valence-corrected chi connectivity index (χ4v) is 3.05. The SMILES string of the molecule is CCNC(=O)c1cc2ccc(OC(=O)/C=C/c3ccc(OCC)c(OCC)c3)cc2oc1=O. The molecule has 1 amide bonds. The van der Waals surface area contributed by atoms with E-state index in [0.29, 0.717) is 36.6 Å². The van der Waals surface area contributed by atoms with E-state index < -0.39 is 17.5 Å². The highest BCUT2D eigenvalue weighted by atomic mass is 16.5. The van der Waals surface area contributed by atoms with Gasteiger partial charge in [-0.3, -0.25) is 4.79 Å². The third-order valence-electron chi connectivity index (χ3n) is 4.49. The molecule has 1 aromatic heterocycles. The lowest BCUT2D eigenvalue weighted by atomic mass is 10.1. The number of amides is 1. The van der Waals surface area contributed by atoms with Crippen molar-refractivity contribution in [3.8, 4) is 17.2 Å². The Hall–Kier alpha value is -4.07. The lowest BCUT2D eigenvalue weighted by molar-refractivity contribution is -0.128. The predicted molar refractivity (Wildman–Crippen MR) is 124 cm³/mol. The van der Waals surface area contributed by atoms with Crippen LogP contribution in [0.25, 0.3) is 17.0 Å². The van der Waals surface area contributed by atoms with Gasteiger partial charge in [-0.25, -0.2) is 9.59 Å². The Kier molecular flexibility index (Phi) is 7.86. The third-order valence-corrected chi connectivity index (χ3v) is 4.49. The minimum absolute atomic E-state index is 0.0844. The summed E-state index contributed by atoms with van der Waals surface area (Å²) < 4.78 is 21.7. The maximum Gasteiger partial charge on any atom is 0.349 e. The molecule has 172 valence electrons. The molecule has 33 heavy (non-hydrogen) atoms. The Bertz CT molecular complexity index is 1240. The fraction of sp³-hybridized carbons (Fsp3) is 0.240. The molecule has 0 saturated carbocycles. The number of hydrogen-bond donors (Lipinski definition) is 1. The summed E-state index contributed by atoms with van der Waals surface area (Å²) in [5.74, 6) is 0.310. The Morgan fingerprint density at radius 2 is 1.73 bits per heavy atom. The van der Waals surface area contributed by atoms with E-state index in [-0.39, 0.29) is 16.9 Å². The van der Waals surface area contributed by atoms with E-state index in [1.807, 2.05) is 13.8 Å². The number of nitrogens with one attached hydrogen (secondary N) is 1. The van der Waals surface area contributed by atoms with Crippen LogP contribution in [0, 0.1) is 0 Å². The minimum atomic E-state index is -0.766. The normalized spacial score (nSPS) is 10.9. The number of esters is 1. The molecule has 8 heteroatoms. The van der Waals surface area contributed by atoms with Crippen LogP contribution in [-0.4, -0.2) is 31.6 Å². The highest BCUT2D eigenvalue weighted by molar-refractivity contribution is 5.97. The number of carbonyl (C=O) groups excluding carboxylic acids is 2. The first kappa shape index (κ1) is 23.6. The van der Waals surface area contributed by atoms with E-state index in [2.05, 4.69) is 5.32 Å². The third kappa shape index (κ3) is 6.00. The molecule has 8 nitrogen and oxygen atoms in total. The van der Waals surface area contributed by atoms with Crippen LogP contribution in [0.5, 0.6) is 17.2 Å². The standard InChI is InChI=1S/C25H25NO7/c1-4-26-24(28)19-14-17-9-10-18(15-21(17)33-25(19)29)32-23(27)12-8-16-7-11-20(30-5-2)22(13-16)31-6-3/h7-15H,4-6H2,1-3H3,(H,26,28)/b12-8+. The summed E-state index contributed by atoms with van der Waals surface area (Å²) in [5.41, 5.74) is 0.0904. The molecular weight excluding hydrogens is 426 g/mol. The van der Waals surface area contributed by atoms with E-state index in [9.17, 15) is 14.4 Å². The highest BCUT2D eigenvalue weighted by Gasteiger charge is 2.14. The zero-order valence-corrected chi connectivity index (χ0v) is 18.7. The Balaban J connectivity index is 1.74. The van der Waals surface area contributed by atoms with Crippen LogP contribution in [0.15, 0.2) is 57.8 Å². The molecule has 0 atom stereocenters. The maximum atomic E-state index is 12.3. The predicted octanol–water partition coefficient (Wildman–Crippen LogP) is 3.96. The molecular formula is C25H25NO7. The second-order valence-electron chi connectivity index (χ2n) is 6.83. The van der Waals surface area contributed by atoms with Crippen molar-refractivity contribution in [3.05, 3.63) is 70.1 Å². The molecule has 0 aliphatic carbocycles. The van der Waals surface area contributed by atoms with Gasteiger partial charge in [0.05, 0.1) is 13.2 Å². The Morgan fingerprint density at radius 1 is 0.970 bits per heavy atom. The number of benzene rings is 2. The van der Waals surface area contributed by atoms with E-state index in [0.717, 1.165) is 5.56 Å². The average Bonchev–Trinajstić information content (AvgIpc) is 2.79. The second kappa shape index (κ2) is 11.0. The van der Waals surface area contributed by atoms with E-state index >= 15 is 0 Å². The van der Waals surface area contributed by atoms with E-state index in [1.165, 1.54) is 18.2 Å². The summed E-state index contributed by atoms with van der Waals surface area (Å²) >= 11 is 0. The van der Waals surface area contributed by atoms with Crippen LogP contribution < -0.4 is 25.2 Å². The number of ether oxygens (including phenoxy) is 3. The smallest absolute Gasteiger partial charge is 0.349 e. The van der Waals surface area contributed by atoms with Gasteiger partial charge in [0.25, 0.3) is 5.91 Å². The quantitative estimate of drug-likeness (QED) is 0.227. The number of hydrogen-bond acceptors (Lipinski definition) is 7. The maximum absolute atomic E-state index is 12.3. The minimum Gasteiger partial charge on any atom is -0.490 e. The molecule has 0 radical (unpaired) electrons. The summed E-state index contributed by atoms with van der Waals surface area (Å²) in [6.07, 6.45) is 2.88. The fourth-order valence-electron chi connectivity index (χ4n) is 3.05. The van der Waals surface area contributed by atoms with Crippen molar-refractivity contribution in [2.45, 2.75) is 20.8 Å². The first-order chi connectivity index (χ1) is 15.9. The molecule has 3 aromatic rings. The van der Waals surface area contributed by atoms with Gasteiger partial charge in [0.1, 0.15) is 16.9 Å². The first-order valence-electron chi connectivity index (χ1n) is 10.6. The summed E-state index contributed by atoms with van der Waals surface area (Å²) in [7, 11) is 0. The van der Waals surface area contributed by atoms with Crippen LogP contribution in [-0.2, 0) is 4.79 Å². The van der Waals surface area contributed by atoms with Crippen molar-refractivity contribution in [2.24, 2.45) is 0 Å². The van der Waals surface area contributed by atoms with E-state index in [4.69, 9.17) is 18.6 Å². The first-order valence-corrected chi connectivity index (χ1v) is 10.6. The molecule has 0 aliphatic heterocycles. The van der Waals surface area contributed by atoms with Gasteiger partial charge in [-0.2, -0.15) is 0 Å². The number of fused-ring (bicyclic) bond motifs is 1. The van der Waals surface area contributed by atoms with Crippen LogP contribution in [0.3, 0.4) is 0 Å². The van der Waals surface area contributed by atoms with Crippen LogP contribution in [0.4, 0.5) is 0 Å². The summed E-state index contributed by atoms with van der Waals surface area (Å²) in [4.78, 5) is 36.3. The van der Waals surface area contributed by atoms with Crippen molar-refractivity contribution in [2.75, 3.05) is 19.8 Å². The molecule has 0 bridgehead atoms. The summed E-state index contributed by atoms with van der Waals surface area (Å²) in [6.45, 7) is 6.91. The number of rotatable bonds is 9. The Morgan fingerprint density at radius 3 is 2.45 bits per heavy atom. The van der Waals surface area contributed by atoms with Crippen molar-refractivity contribution in [1.82, 2.24) is 5.32 Å². The van der Waals surface area contributed by atoms with Gasteiger partial charge in [0, 0.05) is 24.1 Å². The molecule has 2 aromatic carbocycles. The molecule has 3 rings (SSSR count). The molecule has 0 unspecified atom stereocenters. The van der Waals surface area contributed by atoms with Crippen molar-refractivity contribution < 1.29 is 28.2 Å². The molecule has 0 saturated heterocycles. The van der Waals surface area contributed by atoms with Crippen molar-refractivity contribution in [3.63, 3.8) is 0 Å². The zero-order chi connectivity index (χ0) is 23.8.